The van der Waals surface area contributed by atoms with Crippen molar-refractivity contribution in [2.45, 2.75) is 11.2 Å². The molecule has 12 heteroatoms. The Bertz CT molecular complexity index is 1250. The van der Waals surface area contributed by atoms with E-state index in [1.807, 2.05) is 0 Å². The third kappa shape index (κ3) is 4.78. The third-order valence-corrected chi connectivity index (χ3v) is 5.35. The third-order valence-electron chi connectivity index (χ3n) is 4.10. The first-order valence-corrected chi connectivity index (χ1v) is 10.1. The summed E-state index contributed by atoms with van der Waals surface area (Å²) in [6.07, 6.45) is -1.29. The summed E-state index contributed by atoms with van der Waals surface area (Å²) in [6, 6.07) is 9.66. The summed E-state index contributed by atoms with van der Waals surface area (Å²) in [5, 5.41) is 15.5. The van der Waals surface area contributed by atoms with Crippen LogP contribution in [0.25, 0.3) is 17.0 Å². The van der Waals surface area contributed by atoms with Gasteiger partial charge in [0.2, 0.25) is 5.91 Å². The zero-order valence-corrected chi connectivity index (χ0v) is 17.0. The Morgan fingerprint density at radius 2 is 1.87 bits per heavy atom. The van der Waals surface area contributed by atoms with Gasteiger partial charge in [0.1, 0.15) is 5.03 Å². The quantitative estimate of drug-likeness (QED) is 0.435. The van der Waals surface area contributed by atoms with Crippen LogP contribution < -0.4 is 5.32 Å². The molecule has 3 aromatic heterocycles. The molecule has 0 radical (unpaired) electrons. The van der Waals surface area contributed by atoms with E-state index >= 15 is 0 Å². The van der Waals surface area contributed by atoms with Gasteiger partial charge < -0.3 is 5.32 Å². The van der Waals surface area contributed by atoms with Gasteiger partial charge in [0.25, 0.3) is 0 Å². The van der Waals surface area contributed by atoms with Crippen molar-refractivity contribution < 1.29 is 18.0 Å². The molecule has 31 heavy (non-hydrogen) atoms. The molecule has 1 aromatic carbocycles. The van der Waals surface area contributed by atoms with Gasteiger partial charge in [0, 0.05) is 18.0 Å². The minimum absolute atomic E-state index is 0.0115. The average Bonchev–Trinajstić information content (AvgIpc) is 3.17. The van der Waals surface area contributed by atoms with Crippen LogP contribution >= 0.6 is 23.4 Å². The first-order valence-electron chi connectivity index (χ1n) is 8.73. The molecule has 3 heterocycles. The highest BCUT2D eigenvalue weighted by molar-refractivity contribution is 7.99. The second kappa shape index (κ2) is 8.52. The largest absolute Gasteiger partial charge is 0.416 e. The fourth-order valence-electron chi connectivity index (χ4n) is 2.65. The topological polar surface area (TPSA) is 85.1 Å². The molecule has 0 aliphatic heterocycles. The number of halogens is 4. The van der Waals surface area contributed by atoms with Crippen LogP contribution in [0.5, 0.6) is 0 Å². The monoisotopic (exact) mass is 464 g/mol. The van der Waals surface area contributed by atoms with Crippen molar-refractivity contribution in [1.29, 1.82) is 0 Å². The van der Waals surface area contributed by atoms with Crippen molar-refractivity contribution in [3.05, 3.63) is 65.4 Å². The van der Waals surface area contributed by atoms with Crippen LogP contribution in [0, 0.1) is 0 Å². The minimum atomic E-state index is -4.54. The maximum atomic E-state index is 12.9. The summed E-state index contributed by atoms with van der Waals surface area (Å²) >= 11 is 7.02. The van der Waals surface area contributed by atoms with Crippen LogP contribution in [0.3, 0.4) is 0 Å². The number of hydrogen-bond donors (Lipinski definition) is 1. The normalized spacial score (nSPS) is 11.6. The molecule has 0 atom stereocenters. The molecule has 1 amide bonds. The zero-order valence-electron chi connectivity index (χ0n) is 15.5. The van der Waals surface area contributed by atoms with Gasteiger partial charge in [-0.25, -0.2) is 0 Å². The Balaban J connectivity index is 1.48. The summed E-state index contributed by atoms with van der Waals surface area (Å²) in [4.78, 5) is 16.2. The number of thioether (sulfide) groups is 1. The lowest BCUT2D eigenvalue weighted by molar-refractivity contribution is -0.137. The molecule has 4 rings (SSSR count). The van der Waals surface area contributed by atoms with E-state index in [-0.39, 0.29) is 16.5 Å². The molecular formula is C19H12ClF3N6OS. The lowest BCUT2D eigenvalue weighted by Crippen LogP contribution is -2.15. The number of anilines is 1. The van der Waals surface area contributed by atoms with Gasteiger partial charge in [-0.05, 0) is 42.5 Å². The number of nitrogens with one attached hydrogen (secondary N) is 1. The van der Waals surface area contributed by atoms with Crippen LogP contribution in [-0.2, 0) is 11.0 Å². The fourth-order valence-corrected chi connectivity index (χ4v) is 3.47. The van der Waals surface area contributed by atoms with Crippen LogP contribution in [0.1, 0.15) is 5.56 Å². The van der Waals surface area contributed by atoms with Gasteiger partial charge in [0.05, 0.1) is 22.0 Å². The number of rotatable bonds is 5. The van der Waals surface area contributed by atoms with Crippen molar-refractivity contribution in [2.24, 2.45) is 0 Å². The van der Waals surface area contributed by atoms with E-state index in [0.29, 0.717) is 16.5 Å². The first kappa shape index (κ1) is 21.1. The molecule has 0 saturated carbocycles. The predicted molar refractivity (Wildman–Crippen MR) is 110 cm³/mol. The molecule has 0 saturated heterocycles. The SMILES string of the molecule is O=C(CSc1ccc2nnc(-c3ccncc3)n2n1)Nc1cc(C(F)(F)F)ccc1Cl. The molecule has 7 nitrogen and oxygen atoms in total. The number of hydrogen-bond acceptors (Lipinski definition) is 6. The van der Waals surface area contributed by atoms with E-state index in [9.17, 15) is 18.0 Å². The van der Waals surface area contributed by atoms with Crippen molar-refractivity contribution >= 4 is 40.6 Å². The number of aromatic nitrogens is 5. The maximum Gasteiger partial charge on any atom is 0.416 e. The van der Waals surface area contributed by atoms with Crippen LogP contribution in [0.15, 0.2) is 59.9 Å². The van der Waals surface area contributed by atoms with Crippen molar-refractivity contribution in [3.8, 4) is 11.4 Å². The van der Waals surface area contributed by atoms with Gasteiger partial charge in [-0.1, -0.05) is 23.4 Å². The van der Waals surface area contributed by atoms with Gasteiger partial charge in [-0.2, -0.15) is 22.8 Å². The van der Waals surface area contributed by atoms with E-state index < -0.39 is 17.6 Å². The second-order valence-corrected chi connectivity index (χ2v) is 7.63. The van der Waals surface area contributed by atoms with Gasteiger partial charge in [-0.3, -0.25) is 9.78 Å². The summed E-state index contributed by atoms with van der Waals surface area (Å²) in [5.74, 6) is -0.0936. The molecular weight excluding hydrogens is 453 g/mol. The average molecular weight is 465 g/mol. The number of carbonyl (C=O) groups is 1. The Morgan fingerprint density at radius 3 is 2.61 bits per heavy atom. The highest BCUT2D eigenvalue weighted by atomic mass is 35.5. The number of alkyl halides is 3. The van der Waals surface area contributed by atoms with Crippen LogP contribution in [0.2, 0.25) is 5.02 Å². The van der Waals surface area contributed by atoms with Gasteiger partial charge in [-0.15, -0.1) is 10.2 Å². The lowest BCUT2D eigenvalue weighted by Gasteiger charge is -2.11. The van der Waals surface area contributed by atoms with E-state index in [2.05, 4.69) is 25.6 Å². The van der Waals surface area contributed by atoms with E-state index in [4.69, 9.17) is 11.6 Å². The number of benzene rings is 1. The summed E-state index contributed by atoms with van der Waals surface area (Å²) in [7, 11) is 0. The maximum absolute atomic E-state index is 12.9. The molecule has 0 aliphatic rings. The first-order chi connectivity index (χ1) is 14.8. The summed E-state index contributed by atoms with van der Waals surface area (Å²) in [5.41, 5.74) is 0.290. The molecule has 0 fully saturated rings. The van der Waals surface area contributed by atoms with Crippen molar-refractivity contribution in [3.63, 3.8) is 0 Å². The second-order valence-electron chi connectivity index (χ2n) is 6.23. The summed E-state index contributed by atoms with van der Waals surface area (Å²) in [6.45, 7) is 0. The van der Waals surface area contributed by atoms with E-state index in [1.165, 1.54) is 0 Å². The minimum Gasteiger partial charge on any atom is -0.324 e. The lowest BCUT2D eigenvalue weighted by atomic mass is 10.2. The number of pyridine rings is 1. The number of fused-ring (bicyclic) bond motifs is 1. The number of nitrogens with zero attached hydrogens (tertiary/aromatic N) is 5. The van der Waals surface area contributed by atoms with Crippen LogP contribution in [-0.4, -0.2) is 36.5 Å². The Kier molecular flexibility index (Phi) is 5.79. The highest BCUT2D eigenvalue weighted by Crippen LogP contribution is 2.34. The Labute approximate surface area is 182 Å². The number of carbonyl (C=O) groups excluding carboxylic acids is 1. The molecule has 158 valence electrons. The van der Waals surface area contributed by atoms with E-state index in [1.54, 1.807) is 41.2 Å². The van der Waals surface area contributed by atoms with E-state index in [0.717, 1.165) is 35.5 Å². The van der Waals surface area contributed by atoms with Crippen LogP contribution in [0.4, 0.5) is 18.9 Å². The molecule has 0 unspecified atom stereocenters. The fraction of sp³-hybridized carbons (Fsp3) is 0.105. The number of amides is 1. The molecule has 0 bridgehead atoms. The Hall–Kier alpha value is -3.18. The summed E-state index contributed by atoms with van der Waals surface area (Å²) < 4.78 is 40.2. The van der Waals surface area contributed by atoms with Crippen molar-refractivity contribution in [2.75, 3.05) is 11.1 Å². The predicted octanol–water partition coefficient (Wildman–Crippen LogP) is 4.59. The van der Waals surface area contributed by atoms with Gasteiger partial charge >= 0.3 is 6.18 Å². The van der Waals surface area contributed by atoms with Gasteiger partial charge in [0.15, 0.2) is 11.5 Å². The Morgan fingerprint density at radius 1 is 1.10 bits per heavy atom. The highest BCUT2D eigenvalue weighted by Gasteiger charge is 2.31. The smallest absolute Gasteiger partial charge is 0.324 e. The molecule has 0 spiro atoms. The molecule has 0 aliphatic carbocycles. The standard InChI is InChI=1S/C19H12ClF3N6OS/c20-13-2-1-12(19(21,22)23)9-14(13)25-16(30)10-31-17-4-3-15-26-27-18(29(15)28-17)11-5-7-24-8-6-11/h1-9H,10H2,(H,25,30). The molecule has 4 aromatic rings. The zero-order chi connectivity index (χ0) is 22.0. The van der Waals surface area contributed by atoms with Crippen molar-refractivity contribution in [1.82, 2.24) is 24.8 Å². The molecule has 1 N–H and O–H groups in total.